The fourth-order valence-electron chi connectivity index (χ4n) is 3.28. The minimum atomic E-state index is -0.299. The molecule has 0 aromatic carbocycles. The average Bonchev–Trinajstić information content (AvgIpc) is 3.11. The van der Waals surface area contributed by atoms with Crippen molar-refractivity contribution < 1.29 is 9.53 Å². The standard InChI is InChI=1S/C21H38N6O2S/c1-6-22-21(23-10-8-9-11-27-14-12-26(5)13-15-27)25-17(4)19-24-16(3)18(30-19)20(28)29-7-2/h17H,6-15H2,1-5H3,(H2,22,23,25). The highest BCUT2D eigenvalue weighted by Crippen LogP contribution is 2.24. The Hall–Kier alpha value is -1.71. The summed E-state index contributed by atoms with van der Waals surface area (Å²) in [6, 6.07) is -0.0417. The molecule has 2 rings (SSSR count). The quantitative estimate of drug-likeness (QED) is 0.251. The van der Waals surface area contributed by atoms with Crippen LogP contribution in [0.25, 0.3) is 0 Å². The second-order valence-electron chi connectivity index (χ2n) is 7.67. The number of thiazole rings is 1. The van der Waals surface area contributed by atoms with Gasteiger partial charge in [0.2, 0.25) is 0 Å². The first-order chi connectivity index (χ1) is 14.4. The fraction of sp³-hybridized carbons (Fsp3) is 0.762. The zero-order chi connectivity index (χ0) is 21.9. The predicted octanol–water partition coefficient (Wildman–Crippen LogP) is 2.27. The van der Waals surface area contributed by atoms with E-state index in [1.807, 2.05) is 20.8 Å². The Labute approximate surface area is 185 Å². The number of likely N-dealkylation sites (N-methyl/N-ethyl adjacent to an activating group) is 1. The first kappa shape index (κ1) is 24.6. The number of nitrogens with zero attached hydrogens (tertiary/aromatic N) is 4. The minimum Gasteiger partial charge on any atom is -0.462 e. The first-order valence-corrected chi connectivity index (χ1v) is 11.9. The number of hydrogen-bond donors (Lipinski definition) is 2. The lowest BCUT2D eigenvalue weighted by molar-refractivity contribution is 0.0531. The van der Waals surface area contributed by atoms with Crippen LogP contribution in [0.5, 0.6) is 0 Å². The van der Waals surface area contributed by atoms with Crippen LogP contribution >= 0.6 is 11.3 Å². The van der Waals surface area contributed by atoms with E-state index in [0.717, 1.165) is 43.4 Å². The summed E-state index contributed by atoms with van der Waals surface area (Å²) in [7, 11) is 2.19. The van der Waals surface area contributed by atoms with Gasteiger partial charge in [0, 0.05) is 39.3 Å². The molecule has 0 amide bonds. The van der Waals surface area contributed by atoms with E-state index < -0.39 is 0 Å². The topological polar surface area (TPSA) is 82.1 Å². The van der Waals surface area contributed by atoms with Gasteiger partial charge in [0.1, 0.15) is 9.88 Å². The molecule has 1 aliphatic heterocycles. The summed E-state index contributed by atoms with van der Waals surface area (Å²) in [6.07, 6.45) is 2.23. The molecule has 1 atom stereocenters. The van der Waals surface area contributed by atoms with Gasteiger partial charge in [-0.15, -0.1) is 11.3 Å². The molecule has 0 saturated carbocycles. The third-order valence-electron chi connectivity index (χ3n) is 5.09. The van der Waals surface area contributed by atoms with Crippen molar-refractivity contribution in [2.75, 3.05) is 59.5 Å². The lowest BCUT2D eigenvalue weighted by Crippen LogP contribution is -2.44. The molecule has 1 unspecified atom stereocenters. The molecule has 0 aliphatic carbocycles. The number of aryl methyl sites for hydroxylation is 1. The number of piperazine rings is 1. The van der Waals surface area contributed by atoms with E-state index in [4.69, 9.17) is 9.73 Å². The molecule has 170 valence electrons. The molecule has 1 aliphatic rings. The summed E-state index contributed by atoms with van der Waals surface area (Å²) < 4.78 is 5.12. The van der Waals surface area contributed by atoms with Gasteiger partial charge in [0.25, 0.3) is 0 Å². The van der Waals surface area contributed by atoms with Gasteiger partial charge >= 0.3 is 5.97 Å². The van der Waals surface area contributed by atoms with Crippen LogP contribution in [-0.2, 0) is 4.74 Å². The molecule has 8 nitrogen and oxygen atoms in total. The lowest BCUT2D eigenvalue weighted by atomic mass is 10.2. The summed E-state index contributed by atoms with van der Waals surface area (Å²) in [5.41, 5.74) is 0.716. The lowest BCUT2D eigenvalue weighted by Gasteiger charge is -2.32. The molecular formula is C21H38N6O2S. The maximum atomic E-state index is 12.0. The Balaban J connectivity index is 1.82. The van der Waals surface area contributed by atoms with Crippen LogP contribution in [0.4, 0.5) is 0 Å². The molecule has 0 spiro atoms. The Morgan fingerprint density at radius 1 is 1.27 bits per heavy atom. The van der Waals surface area contributed by atoms with Gasteiger partial charge in [-0.1, -0.05) is 0 Å². The van der Waals surface area contributed by atoms with Gasteiger partial charge in [0.05, 0.1) is 18.3 Å². The molecule has 0 bridgehead atoms. The van der Waals surface area contributed by atoms with E-state index in [-0.39, 0.29) is 12.0 Å². The molecule has 1 fully saturated rings. The summed E-state index contributed by atoms with van der Waals surface area (Å²) in [4.78, 5) is 26.8. The van der Waals surface area contributed by atoms with Crippen molar-refractivity contribution in [1.29, 1.82) is 0 Å². The molecule has 2 N–H and O–H groups in total. The third kappa shape index (κ3) is 7.85. The Morgan fingerprint density at radius 2 is 2.00 bits per heavy atom. The molecule has 9 heteroatoms. The summed E-state index contributed by atoms with van der Waals surface area (Å²) in [5.74, 6) is 0.488. The van der Waals surface area contributed by atoms with Gasteiger partial charge in [-0.2, -0.15) is 0 Å². The van der Waals surface area contributed by atoms with E-state index in [1.54, 1.807) is 0 Å². The smallest absolute Gasteiger partial charge is 0.350 e. The number of carbonyl (C=O) groups is 1. The second-order valence-corrected chi connectivity index (χ2v) is 8.70. The monoisotopic (exact) mass is 438 g/mol. The third-order valence-corrected chi connectivity index (χ3v) is 6.41. The molecular weight excluding hydrogens is 400 g/mol. The van der Waals surface area contributed by atoms with E-state index in [2.05, 4.69) is 39.4 Å². The zero-order valence-electron chi connectivity index (χ0n) is 19.2. The van der Waals surface area contributed by atoms with Crippen molar-refractivity contribution in [3.8, 4) is 0 Å². The summed E-state index contributed by atoms with van der Waals surface area (Å²) in [6.45, 7) is 15.5. The van der Waals surface area contributed by atoms with Gasteiger partial charge in [-0.05, 0) is 54.1 Å². The van der Waals surface area contributed by atoms with Crippen molar-refractivity contribution in [2.24, 2.45) is 4.99 Å². The van der Waals surface area contributed by atoms with Crippen LogP contribution in [0.3, 0.4) is 0 Å². The molecule has 1 aromatic heterocycles. The fourth-order valence-corrected chi connectivity index (χ4v) is 4.25. The van der Waals surface area contributed by atoms with Crippen LogP contribution < -0.4 is 10.6 Å². The van der Waals surface area contributed by atoms with E-state index in [0.29, 0.717) is 17.2 Å². The number of carbonyl (C=O) groups excluding carboxylic acids is 1. The van der Waals surface area contributed by atoms with Crippen LogP contribution in [-0.4, -0.2) is 86.2 Å². The van der Waals surface area contributed by atoms with Crippen LogP contribution in [0.15, 0.2) is 4.99 Å². The average molecular weight is 439 g/mol. The summed E-state index contributed by atoms with van der Waals surface area (Å²) >= 11 is 1.38. The highest BCUT2D eigenvalue weighted by Gasteiger charge is 2.20. The molecule has 30 heavy (non-hydrogen) atoms. The van der Waals surface area contributed by atoms with E-state index in [1.165, 1.54) is 37.5 Å². The van der Waals surface area contributed by atoms with Crippen molar-refractivity contribution in [3.05, 3.63) is 15.6 Å². The largest absolute Gasteiger partial charge is 0.462 e. The van der Waals surface area contributed by atoms with Gasteiger partial charge in [0.15, 0.2) is 5.96 Å². The van der Waals surface area contributed by atoms with E-state index in [9.17, 15) is 4.79 Å². The molecule has 2 heterocycles. The highest BCUT2D eigenvalue weighted by atomic mass is 32.1. The molecule has 0 radical (unpaired) electrons. The summed E-state index contributed by atoms with van der Waals surface area (Å²) in [5, 5.41) is 7.57. The number of aliphatic imine (C=N–C) groups is 1. The van der Waals surface area contributed by atoms with Gasteiger partial charge < -0.3 is 25.2 Å². The van der Waals surface area contributed by atoms with Crippen LogP contribution in [0.1, 0.15) is 60.0 Å². The molecule has 1 aromatic rings. The number of rotatable bonds is 10. The zero-order valence-corrected chi connectivity index (χ0v) is 20.0. The Bertz CT molecular complexity index is 685. The number of nitrogens with one attached hydrogen (secondary N) is 2. The van der Waals surface area contributed by atoms with Crippen LogP contribution in [0.2, 0.25) is 0 Å². The predicted molar refractivity (Wildman–Crippen MR) is 124 cm³/mol. The van der Waals surface area contributed by atoms with Gasteiger partial charge in [-0.25, -0.2) is 9.78 Å². The second kappa shape index (κ2) is 12.9. The van der Waals surface area contributed by atoms with Crippen molar-refractivity contribution in [1.82, 2.24) is 25.4 Å². The van der Waals surface area contributed by atoms with Crippen molar-refractivity contribution in [2.45, 2.75) is 46.6 Å². The van der Waals surface area contributed by atoms with Gasteiger partial charge in [-0.3, -0.25) is 4.99 Å². The van der Waals surface area contributed by atoms with Crippen LogP contribution in [0, 0.1) is 6.92 Å². The number of guanidine groups is 1. The maximum absolute atomic E-state index is 12.0. The Kier molecular flexibility index (Phi) is 10.5. The number of esters is 1. The number of aromatic nitrogens is 1. The number of unbranched alkanes of at least 4 members (excludes halogenated alkanes) is 1. The SMILES string of the molecule is CCNC(=NCCCCN1CCN(C)CC1)NC(C)c1nc(C)c(C(=O)OCC)s1. The normalized spacial score (nSPS) is 17.0. The number of hydrogen-bond acceptors (Lipinski definition) is 7. The van der Waals surface area contributed by atoms with E-state index >= 15 is 0 Å². The number of ether oxygens (including phenoxy) is 1. The minimum absolute atomic E-state index is 0.0417. The Morgan fingerprint density at radius 3 is 2.67 bits per heavy atom. The van der Waals surface area contributed by atoms with Crippen molar-refractivity contribution in [3.63, 3.8) is 0 Å². The molecule has 1 saturated heterocycles. The van der Waals surface area contributed by atoms with Crippen molar-refractivity contribution >= 4 is 23.3 Å². The first-order valence-electron chi connectivity index (χ1n) is 11.0. The maximum Gasteiger partial charge on any atom is 0.350 e. The highest BCUT2D eigenvalue weighted by molar-refractivity contribution is 7.13.